The summed E-state index contributed by atoms with van der Waals surface area (Å²) in [5, 5.41) is 0. The SMILES string of the molecule is C=CCCOCCN1CCC(Br)C1=O. The van der Waals surface area contributed by atoms with E-state index in [0.29, 0.717) is 19.8 Å². The van der Waals surface area contributed by atoms with Crippen molar-refractivity contribution < 1.29 is 9.53 Å². The standard InChI is InChI=1S/C10H16BrNO2/c1-2-3-7-14-8-6-12-5-4-9(11)10(12)13/h2,9H,1,3-8H2. The summed E-state index contributed by atoms with van der Waals surface area (Å²) in [7, 11) is 0. The van der Waals surface area contributed by atoms with E-state index < -0.39 is 0 Å². The van der Waals surface area contributed by atoms with Gasteiger partial charge in [-0.3, -0.25) is 4.79 Å². The summed E-state index contributed by atoms with van der Waals surface area (Å²) in [6.07, 6.45) is 3.61. The van der Waals surface area contributed by atoms with Gasteiger partial charge >= 0.3 is 0 Å². The predicted molar refractivity (Wildman–Crippen MR) is 59.5 cm³/mol. The molecule has 0 aromatic carbocycles. The highest BCUT2D eigenvalue weighted by molar-refractivity contribution is 9.10. The van der Waals surface area contributed by atoms with Crippen LogP contribution in [0.3, 0.4) is 0 Å². The molecule has 14 heavy (non-hydrogen) atoms. The van der Waals surface area contributed by atoms with Gasteiger partial charge in [0.25, 0.3) is 0 Å². The molecule has 0 aliphatic carbocycles. The van der Waals surface area contributed by atoms with Crippen molar-refractivity contribution in [1.82, 2.24) is 4.90 Å². The van der Waals surface area contributed by atoms with Crippen LogP contribution in [-0.2, 0) is 9.53 Å². The smallest absolute Gasteiger partial charge is 0.236 e. The Balaban J connectivity index is 2.07. The third-order valence-electron chi connectivity index (χ3n) is 2.20. The lowest BCUT2D eigenvalue weighted by atomic mass is 10.4. The summed E-state index contributed by atoms with van der Waals surface area (Å²) < 4.78 is 5.34. The Labute approximate surface area is 93.2 Å². The zero-order chi connectivity index (χ0) is 10.4. The van der Waals surface area contributed by atoms with Gasteiger partial charge < -0.3 is 9.64 Å². The molecule has 1 saturated heterocycles. The largest absolute Gasteiger partial charge is 0.379 e. The van der Waals surface area contributed by atoms with Gasteiger partial charge in [-0.15, -0.1) is 6.58 Å². The number of hydrogen-bond acceptors (Lipinski definition) is 2. The maximum absolute atomic E-state index is 11.4. The van der Waals surface area contributed by atoms with Crippen LogP contribution in [0.5, 0.6) is 0 Å². The van der Waals surface area contributed by atoms with E-state index in [1.165, 1.54) is 0 Å². The Bertz CT molecular complexity index is 208. The molecule has 1 unspecified atom stereocenters. The lowest BCUT2D eigenvalue weighted by Crippen LogP contribution is -2.30. The van der Waals surface area contributed by atoms with Gasteiger partial charge in [0, 0.05) is 13.1 Å². The summed E-state index contributed by atoms with van der Waals surface area (Å²) in [5.41, 5.74) is 0. The second kappa shape index (κ2) is 6.19. The maximum atomic E-state index is 11.4. The molecule has 1 amide bonds. The Morgan fingerprint density at radius 2 is 2.43 bits per heavy atom. The highest BCUT2D eigenvalue weighted by atomic mass is 79.9. The van der Waals surface area contributed by atoms with Crippen molar-refractivity contribution in [3.63, 3.8) is 0 Å². The van der Waals surface area contributed by atoms with Crippen LogP contribution in [0.1, 0.15) is 12.8 Å². The van der Waals surface area contributed by atoms with Crippen molar-refractivity contribution in [1.29, 1.82) is 0 Å². The number of hydrogen-bond donors (Lipinski definition) is 0. The number of carbonyl (C=O) groups excluding carboxylic acids is 1. The van der Waals surface area contributed by atoms with E-state index in [1.54, 1.807) is 0 Å². The number of rotatable bonds is 6. The minimum Gasteiger partial charge on any atom is -0.379 e. The maximum Gasteiger partial charge on any atom is 0.236 e. The van der Waals surface area contributed by atoms with Crippen LogP contribution in [0.2, 0.25) is 0 Å². The molecule has 0 spiro atoms. The van der Waals surface area contributed by atoms with E-state index in [2.05, 4.69) is 22.5 Å². The average molecular weight is 262 g/mol. The minimum atomic E-state index is 0.0238. The first-order valence-electron chi connectivity index (χ1n) is 4.87. The molecule has 0 bridgehead atoms. The van der Waals surface area contributed by atoms with E-state index in [0.717, 1.165) is 19.4 Å². The number of carbonyl (C=O) groups is 1. The summed E-state index contributed by atoms with van der Waals surface area (Å²) in [5.74, 6) is 0.192. The number of ether oxygens (including phenoxy) is 1. The zero-order valence-electron chi connectivity index (χ0n) is 8.25. The van der Waals surface area contributed by atoms with Crippen LogP contribution in [-0.4, -0.2) is 41.9 Å². The fourth-order valence-corrected chi connectivity index (χ4v) is 1.86. The molecule has 0 aromatic heterocycles. The van der Waals surface area contributed by atoms with Gasteiger partial charge in [0.05, 0.1) is 18.0 Å². The molecule has 0 aromatic rings. The van der Waals surface area contributed by atoms with Crippen molar-refractivity contribution in [3.05, 3.63) is 12.7 Å². The van der Waals surface area contributed by atoms with Crippen molar-refractivity contribution in [2.24, 2.45) is 0 Å². The van der Waals surface area contributed by atoms with Crippen LogP contribution in [0.25, 0.3) is 0 Å². The summed E-state index contributed by atoms with van der Waals surface area (Å²) in [4.78, 5) is 13.3. The Hall–Kier alpha value is -0.350. The molecule has 3 nitrogen and oxygen atoms in total. The monoisotopic (exact) mass is 261 g/mol. The van der Waals surface area contributed by atoms with Crippen molar-refractivity contribution in [2.75, 3.05) is 26.3 Å². The van der Waals surface area contributed by atoms with Gasteiger partial charge in [0.2, 0.25) is 5.91 Å². The Kier molecular flexibility index (Phi) is 5.19. The molecule has 1 atom stereocenters. The quantitative estimate of drug-likeness (QED) is 0.413. The lowest BCUT2D eigenvalue weighted by Gasteiger charge is -2.15. The number of alkyl halides is 1. The van der Waals surface area contributed by atoms with Gasteiger partial charge in [-0.25, -0.2) is 0 Å². The molecule has 0 radical (unpaired) electrons. The molecular weight excluding hydrogens is 246 g/mol. The van der Waals surface area contributed by atoms with Crippen LogP contribution in [0.15, 0.2) is 12.7 Å². The number of halogens is 1. The van der Waals surface area contributed by atoms with Crippen LogP contribution in [0.4, 0.5) is 0 Å². The van der Waals surface area contributed by atoms with E-state index >= 15 is 0 Å². The van der Waals surface area contributed by atoms with E-state index in [1.807, 2.05) is 11.0 Å². The lowest BCUT2D eigenvalue weighted by molar-refractivity contribution is -0.127. The number of likely N-dealkylation sites (tertiary alicyclic amines) is 1. The van der Waals surface area contributed by atoms with Crippen molar-refractivity contribution in [3.8, 4) is 0 Å². The third kappa shape index (κ3) is 3.42. The zero-order valence-corrected chi connectivity index (χ0v) is 9.83. The Morgan fingerprint density at radius 3 is 3.00 bits per heavy atom. The number of amides is 1. The molecular formula is C10H16BrNO2. The van der Waals surface area contributed by atoms with Gasteiger partial charge in [0.15, 0.2) is 0 Å². The third-order valence-corrected chi connectivity index (χ3v) is 3.05. The molecule has 0 saturated carbocycles. The average Bonchev–Trinajstić information content (AvgIpc) is 2.49. The van der Waals surface area contributed by atoms with E-state index in [9.17, 15) is 4.79 Å². The molecule has 1 fully saturated rings. The summed E-state index contributed by atoms with van der Waals surface area (Å²) in [6.45, 7) is 6.48. The molecule has 1 rings (SSSR count). The van der Waals surface area contributed by atoms with Crippen LogP contribution in [0, 0.1) is 0 Å². The molecule has 1 aliphatic heterocycles. The summed E-state index contributed by atoms with van der Waals surface area (Å²) >= 11 is 3.33. The first kappa shape index (κ1) is 11.7. The van der Waals surface area contributed by atoms with Gasteiger partial charge in [-0.1, -0.05) is 22.0 Å². The predicted octanol–water partition coefficient (Wildman–Crippen LogP) is 1.57. The topological polar surface area (TPSA) is 29.5 Å². The van der Waals surface area contributed by atoms with Crippen LogP contribution < -0.4 is 0 Å². The van der Waals surface area contributed by atoms with Crippen molar-refractivity contribution in [2.45, 2.75) is 17.7 Å². The van der Waals surface area contributed by atoms with Gasteiger partial charge in [0.1, 0.15) is 0 Å². The fourth-order valence-electron chi connectivity index (χ4n) is 1.37. The molecule has 1 heterocycles. The second-order valence-corrected chi connectivity index (χ2v) is 4.38. The molecule has 0 N–H and O–H groups in total. The van der Waals surface area contributed by atoms with Gasteiger partial charge in [-0.05, 0) is 12.8 Å². The molecule has 4 heteroatoms. The molecule has 80 valence electrons. The second-order valence-electron chi connectivity index (χ2n) is 3.27. The summed E-state index contributed by atoms with van der Waals surface area (Å²) in [6, 6.07) is 0. The van der Waals surface area contributed by atoms with Gasteiger partial charge in [-0.2, -0.15) is 0 Å². The first-order chi connectivity index (χ1) is 6.75. The van der Waals surface area contributed by atoms with Crippen molar-refractivity contribution >= 4 is 21.8 Å². The van der Waals surface area contributed by atoms with E-state index in [-0.39, 0.29) is 10.7 Å². The minimum absolute atomic E-state index is 0.0238. The first-order valence-corrected chi connectivity index (χ1v) is 5.78. The number of nitrogens with zero attached hydrogens (tertiary/aromatic N) is 1. The Morgan fingerprint density at radius 1 is 1.64 bits per heavy atom. The fraction of sp³-hybridized carbons (Fsp3) is 0.700. The highest BCUT2D eigenvalue weighted by Gasteiger charge is 2.28. The molecule has 1 aliphatic rings. The normalized spacial score (nSPS) is 21.6. The van der Waals surface area contributed by atoms with E-state index in [4.69, 9.17) is 4.74 Å². The highest BCUT2D eigenvalue weighted by Crippen LogP contribution is 2.17. The van der Waals surface area contributed by atoms with Crippen LogP contribution >= 0.6 is 15.9 Å².